The van der Waals surface area contributed by atoms with E-state index in [9.17, 15) is 85.9 Å². The van der Waals surface area contributed by atoms with Gasteiger partial charge in [-0.15, -0.1) is 0 Å². The zero-order valence-corrected chi connectivity index (χ0v) is 78.8. The van der Waals surface area contributed by atoms with Gasteiger partial charge < -0.3 is 109 Å². The van der Waals surface area contributed by atoms with Crippen LogP contribution < -0.4 is 0 Å². The van der Waals surface area contributed by atoms with E-state index in [1.807, 2.05) is 75.4 Å². The third kappa shape index (κ3) is 26.1. The molecular weight excluding hydrogens is 1650 g/mol. The van der Waals surface area contributed by atoms with E-state index in [4.69, 9.17) is 37.9 Å². The molecule has 0 fully saturated rings. The third-order valence-corrected chi connectivity index (χ3v) is 22.8. The molecule has 14 N–H and O–H groups in total. The van der Waals surface area contributed by atoms with Crippen molar-refractivity contribution < 1.29 is 124 Å². The number of aromatic hydroxyl groups is 10. The largest absolute Gasteiger partial charge is 0.507 e. The summed E-state index contributed by atoms with van der Waals surface area (Å²) >= 11 is 0. The smallest absolute Gasteiger partial charge is 0.163 e. The van der Waals surface area contributed by atoms with Gasteiger partial charge in [-0.05, 0) is 202 Å². The number of carbonyl (C=O) groups is 3. The maximum absolute atomic E-state index is 12.7. The van der Waals surface area contributed by atoms with Gasteiger partial charge in [0.1, 0.15) is 46.0 Å². The average Bonchev–Trinajstić information content (AvgIpc) is 0.740. The summed E-state index contributed by atoms with van der Waals surface area (Å²) in [5.74, 6) is -1.10. The van der Waals surface area contributed by atoms with Crippen molar-refractivity contribution in [2.75, 3.05) is 56.9 Å². The zero-order chi connectivity index (χ0) is 96.7. The fourth-order valence-electron chi connectivity index (χ4n) is 15.3. The fourth-order valence-corrected chi connectivity index (χ4v) is 15.3. The quantitative estimate of drug-likeness (QED) is 0.0132. The van der Waals surface area contributed by atoms with Crippen molar-refractivity contribution in [2.24, 2.45) is 0 Å². The number of aryl methyl sites for hydroxylation is 1. The van der Waals surface area contributed by atoms with Crippen LogP contribution in [0, 0.1) is 6.92 Å². The van der Waals surface area contributed by atoms with Crippen LogP contribution in [0.4, 0.5) is 0 Å². The molecule has 0 aliphatic rings. The highest BCUT2D eigenvalue weighted by atomic mass is 16.5. The first kappa shape index (κ1) is 107. The van der Waals surface area contributed by atoms with E-state index in [2.05, 4.69) is 80.5 Å². The first-order valence-electron chi connectivity index (χ1n) is 42.2. The number of carbonyl (C=O) groups excluding carboxylic acids is 3. The Kier molecular flexibility index (Phi) is 39.1. The lowest BCUT2D eigenvalue weighted by atomic mass is 9.68. The second-order valence-electron chi connectivity index (χ2n) is 34.4. The van der Waals surface area contributed by atoms with E-state index in [0.717, 1.165) is 61.2 Å². The topological polar surface area (TPSA) is 408 Å². The highest BCUT2D eigenvalue weighted by Crippen LogP contribution is 2.47. The summed E-state index contributed by atoms with van der Waals surface area (Å²) in [6.07, 6.45) is 0.814. The Morgan fingerprint density at radius 1 is 0.256 bits per heavy atom. The molecule has 0 bridgehead atoms. The number of methoxy groups -OCH3 is 8. The molecule has 129 heavy (non-hydrogen) atoms. The Hall–Kier alpha value is -11.3. The summed E-state index contributed by atoms with van der Waals surface area (Å²) in [5, 5.41) is 142. The van der Waals surface area contributed by atoms with Gasteiger partial charge in [0.25, 0.3) is 0 Å². The molecule has 0 aliphatic heterocycles. The molecule has 0 radical (unpaired) electrons. The summed E-state index contributed by atoms with van der Waals surface area (Å²) < 4.78 is 42.3. The van der Waals surface area contributed by atoms with Gasteiger partial charge in [0.2, 0.25) is 0 Å². The normalized spacial score (nSPS) is 11.5. The van der Waals surface area contributed by atoms with Crippen LogP contribution in [0.25, 0.3) is 11.1 Å². The van der Waals surface area contributed by atoms with Gasteiger partial charge in [-0.1, -0.05) is 112 Å². The van der Waals surface area contributed by atoms with E-state index in [0.29, 0.717) is 86.2 Å². The number of phenols is 10. The van der Waals surface area contributed by atoms with Gasteiger partial charge in [0.05, 0.1) is 96.0 Å². The molecule has 0 saturated heterocycles. The number of aliphatic hydroxyl groups excluding tert-OH is 4. The SMILES string of the molecule is CC.COCc1cc(C(C)(C)C)cc(C(C)=O)c1O.COCc1cc(C(C)(C)c2cc(C(C)(C)c3cc(COC)c(O)c(COC)c3)cc(C(C)(C)c3cc(COC)c(O)c(C(C)=O)c3)c2)cc(O)c1O.COCc1cc(Cc2cc(C)cc(Cc3cc(COC)c(O)c(C(C)=O)c3)c2O)cc(COC)c1O.OCc1cc(-c2cc(CO)c(O)c(CO)c2)cc(CO)c1O. The number of hydrogen-bond acceptors (Lipinski definition) is 25. The highest BCUT2D eigenvalue weighted by Gasteiger charge is 2.36. The van der Waals surface area contributed by atoms with E-state index in [1.165, 1.54) is 35.0 Å². The maximum atomic E-state index is 12.7. The number of aliphatic hydroxyl groups is 4. The van der Waals surface area contributed by atoms with Crippen LogP contribution in [0.1, 0.15) is 262 Å². The third-order valence-electron chi connectivity index (χ3n) is 22.8. The van der Waals surface area contributed by atoms with Crippen LogP contribution in [0.15, 0.2) is 127 Å². The number of Topliss-reactive ketones (excluding diaryl/α,β-unsaturated/α-hetero) is 3. The van der Waals surface area contributed by atoms with Crippen LogP contribution in [0.5, 0.6) is 57.5 Å². The van der Waals surface area contributed by atoms with Crippen molar-refractivity contribution in [3.05, 3.63) is 278 Å². The average molecular weight is 1780 g/mol. The standard InChI is InChI=1S/C43H54O9.C29H34O7.C16H18O6.C14H20O3.C2H6/c1-25(44)36-19-31(14-28(23-51-10)39(36)47)42(4,5)34-16-33(41(2,3)30-12-26(21-49-8)38(46)27(13-30)22-50-9)17-35(18-34)43(6,7)32-15-29(24-52-11)40(48)37(45)20-32;1-17-6-21(8-19-10-23(14-34-3)28(32)24(11-19)15-35-4)27(31)22(7-17)9-20-12-25(16-36-5)29(33)26(13-20)18(2)30;17-5-11-1-9(2-12(6-18)15(11)21)10-3-13(7-19)16(22)14(4-10)8-20;1-9(15)12-7-11(14(2,3)4)6-10(8-17-5)13(12)16;1-2/h12-20,45-48H,21-24H2,1-11H3;6-7,10-13,31-33H,8-9,14-16H2,1-5H3;1-4,17-22H,5-8H2;6-7,16H,8H2,1-5H3;1-2H3. The summed E-state index contributed by atoms with van der Waals surface area (Å²) in [4.78, 5) is 36.3. The Labute approximate surface area is 758 Å². The molecule has 0 heterocycles. The van der Waals surface area contributed by atoms with Crippen LogP contribution in [-0.2, 0) is 152 Å². The highest BCUT2D eigenvalue weighted by molar-refractivity contribution is 5.99. The number of hydrogen-bond donors (Lipinski definition) is 14. The van der Waals surface area contributed by atoms with Crippen molar-refractivity contribution >= 4 is 17.3 Å². The number of ketones is 3. The molecule has 0 aliphatic carbocycles. The molecule has 0 spiro atoms. The molecule has 0 unspecified atom stereocenters. The Morgan fingerprint density at radius 2 is 0.473 bits per heavy atom. The van der Waals surface area contributed by atoms with E-state index < -0.39 is 42.7 Å². The summed E-state index contributed by atoms with van der Waals surface area (Å²) in [7, 11) is 12.5. The van der Waals surface area contributed by atoms with Gasteiger partial charge in [0.15, 0.2) is 28.8 Å². The minimum atomic E-state index is -0.692. The lowest BCUT2D eigenvalue weighted by Gasteiger charge is -2.36. The number of phenolic OH excluding ortho intramolecular Hbond substituents is 8. The van der Waals surface area contributed by atoms with Gasteiger partial charge in [-0.3, -0.25) is 14.4 Å². The molecule has 25 heteroatoms. The molecule has 25 nitrogen and oxygen atoms in total. The van der Waals surface area contributed by atoms with E-state index >= 15 is 0 Å². The summed E-state index contributed by atoms with van der Waals surface area (Å²) in [6, 6.07) is 38.3. The molecule has 10 aromatic carbocycles. The van der Waals surface area contributed by atoms with E-state index in [-0.39, 0.29) is 160 Å². The first-order chi connectivity index (χ1) is 60.8. The van der Waals surface area contributed by atoms with Crippen LogP contribution in [0.2, 0.25) is 0 Å². The summed E-state index contributed by atoms with van der Waals surface area (Å²) in [5.41, 5.74) is 16.2. The molecule has 0 atom stereocenters. The monoisotopic (exact) mass is 1780 g/mol. The molecule has 10 rings (SSSR count). The Morgan fingerprint density at radius 3 is 0.760 bits per heavy atom. The minimum absolute atomic E-state index is 0.0346. The summed E-state index contributed by atoms with van der Waals surface area (Å²) in [6.45, 7) is 29.1. The number of benzene rings is 10. The second-order valence-corrected chi connectivity index (χ2v) is 34.4. The molecule has 0 amide bonds. The maximum Gasteiger partial charge on any atom is 0.163 e. The number of rotatable bonds is 34. The molecule has 10 aromatic rings. The Balaban J connectivity index is 0.000000287. The van der Waals surface area contributed by atoms with Crippen molar-refractivity contribution in [1.82, 2.24) is 0 Å². The zero-order valence-electron chi connectivity index (χ0n) is 78.8. The number of ether oxygens (including phenoxy) is 8. The lowest BCUT2D eigenvalue weighted by molar-refractivity contribution is 0.100. The first-order valence-corrected chi connectivity index (χ1v) is 42.2. The Bertz CT molecular complexity index is 5390. The second kappa shape index (κ2) is 47.3. The van der Waals surface area contributed by atoms with E-state index in [1.54, 1.807) is 97.3 Å². The lowest BCUT2D eigenvalue weighted by Crippen LogP contribution is -2.27. The van der Waals surface area contributed by atoms with Crippen molar-refractivity contribution in [2.45, 2.75) is 218 Å². The van der Waals surface area contributed by atoms with Crippen molar-refractivity contribution in [3.63, 3.8) is 0 Å². The molecule has 0 aromatic heterocycles. The fraction of sp³-hybridized carbons (Fsp3) is 0.394. The van der Waals surface area contributed by atoms with Crippen molar-refractivity contribution in [1.29, 1.82) is 0 Å². The van der Waals surface area contributed by atoms with Crippen molar-refractivity contribution in [3.8, 4) is 68.6 Å². The van der Waals surface area contributed by atoms with Crippen LogP contribution >= 0.6 is 0 Å². The van der Waals surface area contributed by atoms with Gasteiger partial charge in [0, 0.05) is 153 Å². The van der Waals surface area contributed by atoms with Gasteiger partial charge in [-0.25, -0.2) is 0 Å². The minimum Gasteiger partial charge on any atom is -0.507 e. The molecular formula is C104H132O25. The predicted molar refractivity (Wildman–Crippen MR) is 496 cm³/mol. The van der Waals surface area contributed by atoms with Gasteiger partial charge >= 0.3 is 0 Å². The predicted octanol–water partition coefficient (Wildman–Crippen LogP) is 18.0. The van der Waals surface area contributed by atoms with Crippen LogP contribution in [-0.4, -0.2) is 146 Å². The molecule has 698 valence electrons. The molecule has 0 saturated carbocycles. The van der Waals surface area contributed by atoms with Crippen LogP contribution in [0.3, 0.4) is 0 Å². The van der Waals surface area contributed by atoms with Gasteiger partial charge in [-0.2, -0.15) is 0 Å².